The summed E-state index contributed by atoms with van der Waals surface area (Å²) in [7, 11) is 0. The second-order valence-corrected chi connectivity index (χ2v) is 7.57. The Morgan fingerprint density at radius 3 is 2.61 bits per heavy atom. The standard InChI is InChI=1S/C22H24N6O3/c1-22(27-21(30)31,12-16-13-24-19-10-6-5-9-18(16)19)20(29)26-17(14-25-28-23)11-15-7-3-2-4-8-15/h2-10,13,17,24,27H,11-12,14H2,1H3,(H,26,29)(H,30,31). The van der Waals surface area contributed by atoms with Crippen LogP contribution in [-0.2, 0) is 17.6 Å². The molecule has 0 aliphatic rings. The molecule has 3 rings (SSSR count). The number of H-pyrrole nitrogens is 1. The molecule has 3 aromatic rings. The minimum absolute atomic E-state index is 0.0490. The van der Waals surface area contributed by atoms with Crippen molar-refractivity contribution in [1.82, 2.24) is 15.6 Å². The Morgan fingerprint density at radius 1 is 1.19 bits per heavy atom. The number of hydrogen-bond acceptors (Lipinski definition) is 3. The first kappa shape index (κ1) is 21.7. The summed E-state index contributed by atoms with van der Waals surface area (Å²) in [5.41, 5.74) is 9.97. The Kier molecular flexibility index (Phi) is 6.79. The van der Waals surface area contributed by atoms with Gasteiger partial charge in [0.15, 0.2) is 0 Å². The molecule has 160 valence electrons. The van der Waals surface area contributed by atoms with Crippen molar-refractivity contribution in [1.29, 1.82) is 0 Å². The molecule has 0 saturated heterocycles. The molecule has 4 N–H and O–H groups in total. The summed E-state index contributed by atoms with van der Waals surface area (Å²) in [5, 5.41) is 19.1. The van der Waals surface area contributed by atoms with Gasteiger partial charge in [0.1, 0.15) is 5.54 Å². The summed E-state index contributed by atoms with van der Waals surface area (Å²) < 4.78 is 0. The Morgan fingerprint density at radius 2 is 1.90 bits per heavy atom. The van der Waals surface area contributed by atoms with Crippen molar-refractivity contribution in [2.24, 2.45) is 5.11 Å². The van der Waals surface area contributed by atoms with E-state index in [0.717, 1.165) is 22.0 Å². The summed E-state index contributed by atoms with van der Waals surface area (Å²) in [5.74, 6) is -0.491. The lowest BCUT2D eigenvalue weighted by Gasteiger charge is -2.30. The Hall–Kier alpha value is -3.97. The number of amides is 2. The minimum atomic E-state index is -1.43. The van der Waals surface area contributed by atoms with Crippen LogP contribution in [0.2, 0.25) is 0 Å². The molecule has 0 aliphatic carbocycles. The Bertz CT molecular complexity index is 1110. The molecule has 1 aromatic heterocycles. The van der Waals surface area contributed by atoms with Gasteiger partial charge in [-0.25, -0.2) is 4.79 Å². The maximum absolute atomic E-state index is 13.2. The molecule has 0 fully saturated rings. The van der Waals surface area contributed by atoms with E-state index in [0.29, 0.717) is 6.42 Å². The molecule has 2 unspecified atom stereocenters. The highest BCUT2D eigenvalue weighted by atomic mass is 16.4. The first-order valence-electron chi connectivity index (χ1n) is 9.83. The third kappa shape index (κ3) is 5.55. The molecule has 0 bridgehead atoms. The molecular formula is C22H24N6O3. The van der Waals surface area contributed by atoms with Crippen LogP contribution in [0.3, 0.4) is 0 Å². The van der Waals surface area contributed by atoms with Crippen molar-refractivity contribution in [2.45, 2.75) is 31.3 Å². The van der Waals surface area contributed by atoms with Crippen LogP contribution in [0.5, 0.6) is 0 Å². The van der Waals surface area contributed by atoms with Gasteiger partial charge >= 0.3 is 6.09 Å². The first-order valence-corrected chi connectivity index (χ1v) is 9.83. The molecule has 31 heavy (non-hydrogen) atoms. The van der Waals surface area contributed by atoms with Gasteiger partial charge in [0.05, 0.1) is 0 Å². The zero-order chi connectivity index (χ0) is 22.3. The van der Waals surface area contributed by atoms with E-state index in [4.69, 9.17) is 5.53 Å². The van der Waals surface area contributed by atoms with Crippen molar-refractivity contribution in [3.8, 4) is 0 Å². The number of nitrogens with zero attached hydrogens (tertiary/aromatic N) is 3. The number of carbonyl (C=O) groups is 2. The van der Waals surface area contributed by atoms with E-state index in [1.54, 1.807) is 13.1 Å². The van der Waals surface area contributed by atoms with Gasteiger partial charge in [0.2, 0.25) is 5.91 Å². The highest BCUT2D eigenvalue weighted by molar-refractivity contribution is 5.91. The number of benzene rings is 2. The molecule has 0 aliphatic heterocycles. The number of rotatable bonds is 9. The monoisotopic (exact) mass is 420 g/mol. The van der Waals surface area contributed by atoms with Gasteiger partial charge in [-0.3, -0.25) is 4.79 Å². The number of aromatic amines is 1. The Labute approximate surface area is 179 Å². The van der Waals surface area contributed by atoms with Gasteiger partial charge in [-0.2, -0.15) is 0 Å². The fourth-order valence-corrected chi connectivity index (χ4v) is 3.62. The number of azide groups is 1. The average molecular weight is 420 g/mol. The number of aromatic nitrogens is 1. The molecule has 0 saturated carbocycles. The number of para-hydroxylation sites is 1. The van der Waals surface area contributed by atoms with Crippen molar-refractivity contribution < 1.29 is 14.7 Å². The quantitative estimate of drug-likeness (QED) is 0.238. The summed E-state index contributed by atoms with van der Waals surface area (Å²) in [4.78, 5) is 30.7. The molecule has 1 heterocycles. The fraction of sp³-hybridized carbons (Fsp3) is 0.273. The fourth-order valence-electron chi connectivity index (χ4n) is 3.62. The van der Waals surface area contributed by atoms with E-state index in [-0.39, 0.29) is 13.0 Å². The highest BCUT2D eigenvalue weighted by Gasteiger charge is 2.37. The molecule has 2 atom stereocenters. The second kappa shape index (κ2) is 9.69. The first-order chi connectivity index (χ1) is 14.9. The van der Waals surface area contributed by atoms with Crippen LogP contribution < -0.4 is 10.6 Å². The largest absolute Gasteiger partial charge is 0.465 e. The molecule has 0 radical (unpaired) electrons. The van der Waals surface area contributed by atoms with E-state index >= 15 is 0 Å². The number of carbonyl (C=O) groups excluding carboxylic acids is 1. The lowest BCUT2D eigenvalue weighted by Crippen LogP contribution is -2.60. The molecule has 9 nitrogen and oxygen atoms in total. The van der Waals surface area contributed by atoms with E-state index in [2.05, 4.69) is 25.6 Å². The van der Waals surface area contributed by atoms with Crippen LogP contribution in [0.4, 0.5) is 4.79 Å². The zero-order valence-corrected chi connectivity index (χ0v) is 17.1. The highest BCUT2D eigenvalue weighted by Crippen LogP contribution is 2.23. The number of fused-ring (bicyclic) bond motifs is 1. The molecule has 2 aromatic carbocycles. The minimum Gasteiger partial charge on any atom is -0.465 e. The smallest absolute Gasteiger partial charge is 0.405 e. The van der Waals surface area contributed by atoms with Crippen molar-refractivity contribution in [3.05, 3.63) is 82.4 Å². The molecule has 9 heteroatoms. The maximum Gasteiger partial charge on any atom is 0.405 e. The second-order valence-electron chi connectivity index (χ2n) is 7.57. The van der Waals surface area contributed by atoms with Crippen LogP contribution in [0, 0.1) is 0 Å². The van der Waals surface area contributed by atoms with Gasteiger partial charge in [-0.15, -0.1) is 0 Å². The van der Waals surface area contributed by atoms with Crippen LogP contribution in [-0.4, -0.2) is 40.2 Å². The van der Waals surface area contributed by atoms with Gasteiger partial charge < -0.3 is 20.7 Å². The average Bonchev–Trinajstić information content (AvgIpc) is 3.14. The predicted molar refractivity (Wildman–Crippen MR) is 118 cm³/mol. The molecule has 0 spiro atoms. The van der Waals surface area contributed by atoms with E-state index in [9.17, 15) is 14.7 Å². The van der Waals surface area contributed by atoms with E-state index < -0.39 is 23.6 Å². The van der Waals surface area contributed by atoms with Gasteiger partial charge in [0, 0.05) is 41.0 Å². The van der Waals surface area contributed by atoms with Crippen LogP contribution in [0.25, 0.3) is 21.3 Å². The third-order valence-electron chi connectivity index (χ3n) is 5.13. The normalized spacial score (nSPS) is 13.6. The van der Waals surface area contributed by atoms with E-state index in [1.807, 2.05) is 54.6 Å². The van der Waals surface area contributed by atoms with Crippen LogP contribution in [0.1, 0.15) is 18.1 Å². The van der Waals surface area contributed by atoms with Crippen molar-refractivity contribution >= 4 is 22.9 Å². The third-order valence-corrected chi connectivity index (χ3v) is 5.13. The topological polar surface area (TPSA) is 143 Å². The molecular weight excluding hydrogens is 396 g/mol. The molecule has 2 amide bonds. The number of hydrogen-bond donors (Lipinski definition) is 4. The summed E-state index contributed by atoms with van der Waals surface area (Å²) in [6.45, 7) is 1.60. The van der Waals surface area contributed by atoms with Gasteiger partial charge in [-0.05, 0) is 36.1 Å². The van der Waals surface area contributed by atoms with Gasteiger partial charge in [0.25, 0.3) is 0 Å². The summed E-state index contributed by atoms with van der Waals surface area (Å²) >= 11 is 0. The lowest BCUT2D eigenvalue weighted by molar-refractivity contribution is -0.127. The van der Waals surface area contributed by atoms with E-state index in [1.165, 1.54) is 0 Å². The number of carboxylic acid groups (broad SMARTS) is 1. The van der Waals surface area contributed by atoms with Crippen LogP contribution >= 0.6 is 0 Å². The maximum atomic E-state index is 13.2. The predicted octanol–water partition coefficient (Wildman–Crippen LogP) is 3.77. The SMILES string of the molecule is CC(Cc1c[nH]c2ccccc12)(NC(=O)O)C(=O)NC(CN=[N+]=[N-])Cc1ccccc1. The van der Waals surface area contributed by atoms with Gasteiger partial charge in [-0.1, -0.05) is 53.6 Å². The number of nitrogens with one attached hydrogen (secondary N) is 3. The van der Waals surface area contributed by atoms with Crippen molar-refractivity contribution in [2.75, 3.05) is 6.54 Å². The lowest BCUT2D eigenvalue weighted by atomic mass is 9.91. The summed E-state index contributed by atoms with van der Waals surface area (Å²) in [6.07, 6.45) is 1.07. The zero-order valence-electron chi connectivity index (χ0n) is 17.1. The van der Waals surface area contributed by atoms with Crippen LogP contribution in [0.15, 0.2) is 65.9 Å². The summed E-state index contributed by atoms with van der Waals surface area (Å²) in [6, 6.07) is 16.6. The van der Waals surface area contributed by atoms with Crippen molar-refractivity contribution in [3.63, 3.8) is 0 Å². The Balaban J connectivity index is 1.84.